The molecule has 0 aromatic carbocycles. The molecule has 0 aromatic rings. The van der Waals surface area contributed by atoms with E-state index in [4.69, 9.17) is 5.11 Å². The molecule has 14 heavy (non-hydrogen) atoms. The third kappa shape index (κ3) is 3.11. The number of halogens is 3. The number of aliphatic hydroxyl groups excluding tert-OH is 1. The van der Waals surface area contributed by atoms with Crippen molar-refractivity contribution in [2.75, 3.05) is 32.8 Å². The van der Waals surface area contributed by atoms with E-state index in [1.165, 1.54) is 4.90 Å². The number of piperazine rings is 1. The normalized spacial score (nSPS) is 22.3. The fourth-order valence-electron chi connectivity index (χ4n) is 1.67. The molecule has 1 saturated heterocycles. The van der Waals surface area contributed by atoms with Crippen LogP contribution in [0.3, 0.4) is 0 Å². The van der Waals surface area contributed by atoms with E-state index in [9.17, 15) is 13.2 Å². The van der Waals surface area contributed by atoms with Gasteiger partial charge in [-0.25, -0.2) is 0 Å². The summed E-state index contributed by atoms with van der Waals surface area (Å²) in [5.41, 5.74) is 0. The molecule has 0 spiro atoms. The highest BCUT2D eigenvalue weighted by Gasteiger charge is 2.43. The third-order valence-electron chi connectivity index (χ3n) is 2.37. The highest BCUT2D eigenvalue weighted by atomic mass is 19.4. The second-order valence-corrected chi connectivity index (χ2v) is 3.36. The summed E-state index contributed by atoms with van der Waals surface area (Å²) in [5.74, 6) is 0. The molecule has 84 valence electrons. The lowest BCUT2D eigenvalue weighted by atomic mass is 10.1. The van der Waals surface area contributed by atoms with Crippen LogP contribution in [0.1, 0.15) is 6.42 Å². The van der Waals surface area contributed by atoms with Crippen LogP contribution < -0.4 is 5.32 Å². The first kappa shape index (κ1) is 11.7. The molecule has 1 atom stereocenters. The highest BCUT2D eigenvalue weighted by Crippen LogP contribution is 2.27. The minimum absolute atomic E-state index is 0.233. The monoisotopic (exact) mass is 212 g/mol. The Labute approximate surface area is 80.9 Å². The minimum atomic E-state index is -4.24. The van der Waals surface area contributed by atoms with Gasteiger partial charge in [-0.3, -0.25) is 4.90 Å². The molecule has 1 aliphatic rings. The smallest absolute Gasteiger partial charge is 0.396 e. The first-order valence-electron chi connectivity index (χ1n) is 4.68. The van der Waals surface area contributed by atoms with Crippen LogP contribution in [0.2, 0.25) is 0 Å². The summed E-state index contributed by atoms with van der Waals surface area (Å²) in [6.45, 7) is 1.53. The maximum absolute atomic E-state index is 12.5. The predicted octanol–water partition coefficient (Wildman–Crippen LogP) is 0.205. The van der Waals surface area contributed by atoms with Gasteiger partial charge in [0.25, 0.3) is 0 Å². The Kier molecular flexibility index (Phi) is 4.15. The van der Waals surface area contributed by atoms with E-state index in [1.807, 2.05) is 0 Å². The van der Waals surface area contributed by atoms with Crippen molar-refractivity contribution in [3.63, 3.8) is 0 Å². The van der Waals surface area contributed by atoms with Crippen LogP contribution in [0, 0.1) is 0 Å². The fraction of sp³-hybridized carbons (Fsp3) is 1.00. The number of alkyl halides is 3. The summed E-state index contributed by atoms with van der Waals surface area (Å²) >= 11 is 0. The maximum atomic E-state index is 12.5. The Hall–Kier alpha value is -0.330. The van der Waals surface area contributed by atoms with Crippen LogP contribution in [-0.4, -0.2) is 55.0 Å². The van der Waals surface area contributed by atoms with Crippen molar-refractivity contribution < 1.29 is 18.3 Å². The molecule has 1 aliphatic heterocycles. The number of aliphatic hydroxyl groups is 1. The maximum Gasteiger partial charge on any atom is 0.404 e. The largest absolute Gasteiger partial charge is 0.404 e. The van der Waals surface area contributed by atoms with Crippen molar-refractivity contribution in [3.05, 3.63) is 0 Å². The van der Waals surface area contributed by atoms with Crippen LogP contribution in [0.25, 0.3) is 0 Å². The lowest BCUT2D eigenvalue weighted by molar-refractivity contribution is -0.188. The molecule has 0 bridgehead atoms. The molecule has 1 unspecified atom stereocenters. The van der Waals surface area contributed by atoms with Gasteiger partial charge in [0.05, 0.1) is 0 Å². The molecule has 0 aliphatic carbocycles. The van der Waals surface area contributed by atoms with Crippen molar-refractivity contribution >= 4 is 0 Å². The summed E-state index contributed by atoms with van der Waals surface area (Å²) < 4.78 is 37.6. The molecule has 2 N–H and O–H groups in total. The molecule has 0 radical (unpaired) electrons. The van der Waals surface area contributed by atoms with Gasteiger partial charge in [-0.15, -0.1) is 0 Å². The van der Waals surface area contributed by atoms with Gasteiger partial charge < -0.3 is 10.4 Å². The zero-order chi connectivity index (χ0) is 10.6. The van der Waals surface area contributed by atoms with Crippen molar-refractivity contribution in [1.29, 1.82) is 0 Å². The summed E-state index contributed by atoms with van der Waals surface area (Å²) in [4.78, 5) is 1.38. The summed E-state index contributed by atoms with van der Waals surface area (Å²) in [5, 5.41) is 11.6. The molecule has 0 amide bonds. The van der Waals surface area contributed by atoms with Gasteiger partial charge in [0.2, 0.25) is 0 Å². The van der Waals surface area contributed by atoms with Gasteiger partial charge in [-0.05, 0) is 6.42 Å². The highest BCUT2D eigenvalue weighted by molar-refractivity contribution is 4.81. The van der Waals surface area contributed by atoms with E-state index in [0.717, 1.165) is 0 Å². The van der Waals surface area contributed by atoms with Gasteiger partial charge in [0, 0.05) is 32.8 Å². The van der Waals surface area contributed by atoms with E-state index >= 15 is 0 Å². The minimum Gasteiger partial charge on any atom is -0.396 e. The molecule has 1 fully saturated rings. The molecule has 0 aromatic heterocycles. The number of nitrogens with one attached hydrogen (secondary N) is 1. The Morgan fingerprint density at radius 1 is 1.29 bits per heavy atom. The molecular formula is C8H15F3N2O. The fourth-order valence-corrected chi connectivity index (χ4v) is 1.67. The lowest BCUT2D eigenvalue weighted by Gasteiger charge is -2.35. The van der Waals surface area contributed by atoms with Gasteiger partial charge in [-0.2, -0.15) is 13.2 Å². The third-order valence-corrected chi connectivity index (χ3v) is 2.37. The number of hydrogen-bond acceptors (Lipinski definition) is 3. The first-order valence-corrected chi connectivity index (χ1v) is 4.68. The standard InChI is InChI=1S/C8H15F3N2O/c9-8(10,11)7(1-6-14)13-4-2-12-3-5-13/h7,12,14H,1-6H2. The Morgan fingerprint density at radius 2 is 1.86 bits per heavy atom. The zero-order valence-corrected chi connectivity index (χ0v) is 7.85. The molecular weight excluding hydrogens is 197 g/mol. The predicted molar refractivity (Wildman–Crippen MR) is 46.0 cm³/mol. The average molecular weight is 212 g/mol. The van der Waals surface area contributed by atoms with Crippen molar-refractivity contribution in [3.8, 4) is 0 Å². The quantitative estimate of drug-likeness (QED) is 0.701. The molecule has 6 heteroatoms. The zero-order valence-electron chi connectivity index (χ0n) is 7.85. The average Bonchev–Trinajstić information content (AvgIpc) is 2.14. The van der Waals surface area contributed by atoms with Gasteiger partial charge in [-0.1, -0.05) is 0 Å². The van der Waals surface area contributed by atoms with E-state index in [0.29, 0.717) is 26.2 Å². The van der Waals surface area contributed by atoms with Crippen molar-refractivity contribution in [2.24, 2.45) is 0 Å². The summed E-state index contributed by atoms with van der Waals surface area (Å²) in [6, 6.07) is -1.49. The van der Waals surface area contributed by atoms with Crippen LogP contribution in [-0.2, 0) is 0 Å². The van der Waals surface area contributed by atoms with E-state index < -0.39 is 18.8 Å². The van der Waals surface area contributed by atoms with Crippen LogP contribution in [0.15, 0.2) is 0 Å². The molecule has 0 saturated carbocycles. The van der Waals surface area contributed by atoms with E-state index in [2.05, 4.69) is 5.32 Å². The summed E-state index contributed by atoms with van der Waals surface area (Å²) in [7, 11) is 0. The second kappa shape index (κ2) is 4.95. The second-order valence-electron chi connectivity index (χ2n) is 3.36. The Balaban J connectivity index is 2.56. The van der Waals surface area contributed by atoms with Crippen LogP contribution in [0.4, 0.5) is 13.2 Å². The van der Waals surface area contributed by atoms with Gasteiger partial charge in [0.15, 0.2) is 0 Å². The Morgan fingerprint density at radius 3 is 2.29 bits per heavy atom. The SMILES string of the molecule is OCCC(N1CCNCC1)C(F)(F)F. The first-order chi connectivity index (χ1) is 6.55. The van der Waals surface area contributed by atoms with Crippen molar-refractivity contribution in [2.45, 2.75) is 18.6 Å². The van der Waals surface area contributed by atoms with Gasteiger partial charge >= 0.3 is 6.18 Å². The van der Waals surface area contributed by atoms with Crippen molar-refractivity contribution in [1.82, 2.24) is 10.2 Å². The summed E-state index contributed by atoms with van der Waals surface area (Å²) in [6.07, 6.45) is -4.47. The molecule has 3 nitrogen and oxygen atoms in total. The van der Waals surface area contributed by atoms with E-state index in [1.54, 1.807) is 0 Å². The van der Waals surface area contributed by atoms with Crippen LogP contribution in [0.5, 0.6) is 0 Å². The van der Waals surface area contributed by atoms with E-state index in [-0.39, 0.29) is 6.42 Å². The molecule has 1 heterocycles. The lowest BCUT2D eigenvalue weighted by Crippen LogP contribution is -2.53. The van der Waals surface area contributed by atoms with Crippen LogP contribution >= 0.6 is 0 Å². The number of hydrogen-bond donors (Lipinski definition) is 2. The topological polar surface area (TPSA) is 35.5 Å². The Bertz CT molecular complexity index is 168. The number of rotatable bonds is 3. The molecule has 1 rings (SSSR count). The number of nitrogens with zero attached hydrogens (tertiary/aromatic N) is 1. The van der Waals surface area contributed by atoms with Gasteiger partial charge in [0.1, 0.15) is 6.04 Å².